The van der Waals surface area contributed by atoms with Crippen LogP contribution >= 0.6 is 11.3 Å². The van der Waals surface area contributed by atoms with Crippen molar-refractivity contribution in [1.82, 2.24) is 5.32 Å². The third kappa shape index (κ3) is 3.62. The van der Waals surface area contributed by atoms with Gasteiger partial charge in [0.25, 0.3) is 0 Å². The Kier molecular flexibility index (Phi) is 4.81. The molecule has 0 aliphatic carbocycles. The van der Waals surface area contributed by atoms with Gasteiger partial charge in [0.2, 0.25) is 0 Å². The molecule has 2 heteroatoms. The Bertz CT molecular complexity index is 290. The largest absolute Gasteiger partial charge is 0.314 e. The fraction of sp³-hybridized carbons (Fsp3) is 0.692. The van der Waals surface area contributed by atoms with E-state index >= 15 is 0 Å². The summed E-state index contributed by atoms with van der Waals surface area (Å²) in [5.74, 6) is 1.35. The van der Waals surface area contributed by atoms with Crippen LogP contribution in [0.25, 0.3) is 0 Å². The van der Waals surface area contributed by atoms with Crippen molar-refractivity contribution in [2.24, 2.45) is 5.92 Å². The normalized spacial score (nSPS) is 15.6. The Morgan fingerprint density at radius 1 is 1.27 bits per heavy atom. The van der Waals surface area contributed by atoms with Crippen molar-refractivity contribution in [3.8, 4) is 0 Å². The molecular formula is C13H23NS. The molecule has 0 aliphatic heterocycles. The fourth-order valence-corrected chi connectivity index (χ4v) is 2.58. The second-order valence-electron chi connectivity index (χ2n) is 4.76. The van der Waals surface area contributed by atoms with Gasteiger partial charge in [-0.05, 0) is 42.3 Å². The zero-order chi connectivity index (χ0) is 11.4. The summed E-state index contributed by atoms with van der Waals surface area (Å²) in [6.07, 6.45) is 0. The van der Waals surface area contributed by atoms with Crippen molar-refractivity contribution in [2.45, 2.75) is 46.6 Å². The van der Waals surface area contributed by atoms with E-state index < -0.39 is 0 Å². The summed E-state index contributed by atoms with van der Waals surface area (Å²) in [6.45, 7) is 12.4. The highest BCUT2D eigenvalue weighted by Crippen LogP contribution is 2.29. The van der Waals surface area contributed by atoms with Gasteiger partial charge in [0.05, 0.1) is 0 Å². The molecule has 1 N–H and O–H groups in total. The van der Waals surface area contributed by atoms with Gasteiger partial charge < -0.3 is 5.32 Å². The summed E-state index contributed by atoms with van der Waals surface area (Å²) in [4.78, 5) is 1.47. The lowest BCUT2D eigenvalue weighted by Crippen LogP contribution is -2.29. The molecule has 1 aromatic rings. The molecule has 2 unspecified atom stereocenters. The van der Waals surface area contributed by atoms with E-state index in [4.69, 9.17) is 0 Å². The first-order valence-electron chi connectivity index (χ1n) is 5.79. The van der Waals surface area contributed by atoms with E-state index in [1.165, 1.54) is 10.4 Å². The monoisotopic (exact) mass is 225 g/mol. The van der Waals surface area contributed by atoms with Gasteiger partial charge in [0, 0.05) is 10.9 Å². The minimum absolute atomic E-state index is 0.586. The van der Waals surface area contributed by atoms with Crippen LogP contribution in [0.4, 0.5) is 0 Å². The Hall–Kier alpha value is -0.340. The standard InChI is InChI=1S/C13H23NS/c1-9(2)14-8-10(3)11(4)13-6-7-15-12(13)5/h6-7,9-11,14H,8H2,1-5H3. The minimum Gasteiger partial charge on any atom is -0.314 e. The number of nitrogens with one attached hydrogen (secondary N) is 1. The number of rotatable bonds is 5. The van der Waals surface area contributed by atoms with Crippen LogP contribution in [-0.2, 0) is 0 Å². The lowest BCUT2D eigenvalue weighted by molar-refractivity contribution is 0.426. The average Bonchev–Trinajstić information content (AvgIpc) is 2.59. The van der Waals surface area contributed by atoms with Crippen LogP contribution in [0.15, 0.2) is 11.4 Å². The lowest BCUT2D eigenvalue weighted by atomic mass is 9.89. The SMILES string of the molecule is Cc1sccc1C(C)C(C)CNC(C)C. The Morgan fingerprint density at radius 3 is 2.40 bits per heavy atom. The molecule has 0 radical (unpaired) electrons. The first-order chi connectivity index (χ1) is 7.02. The summed E-state index contributed by atoms with van der Waals surface area (Å²) in [6, 6.07) is 2.86. The maximum atomic E-state index is 3.51. The van der Waals surface area contributed by atoms with E-state index in [9.17, 15) is 0 Å². The van der Waals surface area contributed by atoms with Crippen molar-refractivity contribution in [3.63, 3.8) is 0 Å². The molecule has 0 aliphatic rings. The quantitative estimate of drug-likeness (QED) is 0.804. The minimum atomic E-state index is 0.586. The summed E-state index contributed by atoms with van der Waals surface area (Å²) >= 11 is 1.85. The number of thiophene rings is 1. The molecule has 15 heavy (non-hydrogen) atoms. The van der Waals surface area contributed by atoms with Crippen molar-refractivity contribution >= 4 is 11.3 Å². The molecule has 86 valence electrons. The number of hydrogen-bond donors (Lipinski definition) is 1. The second-order valence-corrected chi connectivity index (χ2v) is 5.88. The van der Waals surface area contributed by atoms with Crippen LogP contribution in [0.1, 0.15) is 44.1 Å². The van der Waals surface area contributed by atoms with Gasteiger partial charge in [0.1, 0.15) is 0 Å². The van der Waals surface area contributed by atoms with Crippen LogP contribution in [0, 0.1) is 12.8 Å². The van der Waals surface area contributed by atoms with E-state index in [1.54, 1.807) is 0 Å². The van der Waals surface area contributed by atoms with Crippen molar-refractivity contribution in [3.05, 3.63) is 21.9 Å². The van der Waals surface area contributed by atoms with E-state index in [-0.39, 0.29) is 0 Å². The summed E-state index contributed by atoms with van der Waals surface area (Å²) in [5.41, 5.74) is 1.53. The summed E-state index contributed by atoms with van der Waals surface area (Å²) in [7, 11) is 0. The van der Waals surface area contributed by atoms with Crippen molar-refractivity contribution in [2.75, 3.05) is 6.54 Å². The molecule has 0 aromatic carbocycles. The predicted octanol–water partition coefficient (Wildman–Crippen LogP) is 3.79. The van der Waals surface area contributed by atoms with Crippen LogP contribution in [0.5, 0.6) is 0 Å². The van der Waals surface area contributed by atoms with E-state index in [0.29, 0.717) is 17.9 Å². The second kappa shape index (κ2) is 5.66. The van der Waals surface area contributed by atoms with Gasteiger partial charge in [-0.3, -0.25) is 0 Å². The highest BCUT2D eigenvalue weighted by Gasteiger charge is 2.16. The molecule has 0 bridgehead atoms. The van der Waals surface area contributed by atoms with Crippen LogP contribution < -0.4 is 5.32 Å². The zero-order valence-corrected chi connectivity index (χ0v) is 11.3. The van der Waals surface area contributed by atoms with E-state index in [2.05, 4.69) is 51.4 Å². The van der Waals surface area contributed by atoms with Gasteiger partial charge in [-0.15, -0.1) is 11.3 Å². The fourth-order valence-electron chi connectivity index (χ4n) is 1.77. The average molecular weight is 225 g/mol. The highest BCUT2D eigenvalue weighted by molar-refractivity contribution is 7.10. The molecule has 1 aromatic heterocycles. The van der Waals surface area contributed by atoms with Gasteiger partial charge in [-0.1, -0.05) is 27.7 Å². The highest BCUT2D eigenvalue weighted by atomic mass is 32.1. The number of aryl methyl sites for hydroxylation is 1. The molecule has 0 spiro atoms. The summed E-state index contributed by atoms with van der Waals surface area (Å²) in [5, 5.41) is 5.71. The smallest absolute Gasteiger partial charge is 0.00490 e. The maximum absolute atomic E-state index is 3.51. The van der Waals surface area contributed by atoms with Crippen molar-refractivity contribution < 1.29 is 0 Å². The molecule has 0 saturated carbocycles. The Morgan fingerprint density at radius 2 is 1.93 bits per heavy atom. The third-order valence-electron chi connectivity index (χ3n) is 3.09. The third-order valence-corrected chi connectivity index (χ3v) is 3.95. The van der Waals surface area contributed by atoms with Crippen LogP contribution in [0.3, 0.4) is 0 Å². The van der Waals surface area contributed by atoms with Gasteiger partial charge >= 0.3 is 0 Å². The van der Waals surface area contributed by atoms with Gasteiger partial charge in [-0.25, -0.2) is 0 Å². The predicted molar refractivity (Wildman–Crippen MR) is 69.8 cm³/mol. The van der Waals surface area contributed by atoms with Crippen LogP contribution in [0.2, 0.25) is 0 Å². The molecule has 2 atom stereocenters. The number of hydrogen-bond acceptors (Lipinski definition) is 2. The topological polar surface area (TPSA) is 12.0 Å². The molecule has 1 nitrogen and oxygen atoms in total. The molecule has 0 amide bonds. The Labute approximate surface area is 97.9 Å². The molecule has 0 fully saturated rings. The van der Waals surface area contributed by atoms with Crippen LogP contribution in [-0.4, -0.2) is 12.6 Å². The molecular weight excluding hydrogens is 202 g/mol. The Balaban J connectivity index is 2.53. The first-order valence-corrected chi connectivity index (χ1v) is 6.67. The van der Waals surface area contributed by atoms with Gasteiger partial charge in [-0.2, -0.15) is 0 Å². The van der Waals surface area contributed by atoms with E-state index in [1.807, 2.05) is 11.3 Å². The van der Waals surface area contributed by atoms with E-state index in [0.717, 1.165) is 6.54 Å². The summed E-state index contributed by atoms with van der Waals surface area (Å²) < 4.78 is 0. The first kappa shape index (κ1) is 12.7. The molecule has 1 heterocycles. The maximum Gasteiger partial charge on any atom is 0.00490 e. The molecule has 1 rings (SSSR count). The molecule has 0 saturated heterocycles. The van der Waals surface area contributed by atoms with Crippen molar-refractivity contribution in [1.29, 1.82) is 0 Å². The zero-order valence-electron chi connectivity index (χ0n) is 10.5. The lowest BCUT2D eigenvalue weighted by Gasteiger charge is -2.21. The van der Waals surface area contributed by atoms with Gasteiger partial charge in [0.15, 0.2) is 0 Å².